The third kappa shape index (κ3) is 4.45. The summed E-state index contributed by atoms with van der Waals surface area (Å²) in [5.74, 6) is 0.408. The fourth-order valence-electron chi connectivity index (χ4n) is 1.95. The molecule has 1 N–H and O–H groups in total. The Bertz CT molecular complexity index is 839. The zero-order chi connectivity index (χ0) is 18.4. The van der Waals surface area contributed by atoms with Crippen LogP contribution in [0.25, 0.3) is 0 Å². The topological polar surface area (TPSA) is 103 Å². The number of carbonyl (C=O) groups is 1. The number of nitrogens with zero attached hydrogens (tertiary/aromatic N) is 2. The van der Waals surface area contributed by atoms with E-state index in [9.17, 15) is 14.9 Å². The van der Waals surface area contributed by atoms with Gasteiger partial charge in [-0.05, 0) is 24.3 Å². The molecule has 2 rings (SSSR count). The summed E-state index contributed by atoms with van der Waals surface area (Å²) in [4.78, 5) is 22.3. The average molecular weight is 364 g/mol. The van der Waals surface area contributed by atoms with E-state index < -0.39 is 10.8 Å². The van der Waals surface area contributed by atoms with Crippen LogP contribution < -0.4 is 14.9 Å². The van der Waals surface area contributed by atoms with Gasteiger partial charge in [0.25, 0.3) is 11.6 Å². The van der Waals surface area contributed by atoms with Crippen molar-refractivity contribution in [2.24, 2.45) is 5.10 Å². The van der Waals surface area contributed by atoms with E-state index in [1.807, 2.05) is 0 Å². The number of nitro groups is 1. The van der Waals surface area contributed by atoms with E-state index in [1.165, 1.54) is 44.7 Å². The first kappa shape index (κ1) is 18.2. The monoisotopic (exact) mass is 363 g/mol. The second kappa shape index (κ2) is 8.11. The number of nitrogens with one attached hydrogen (secondary N) is 1. The summed E-state index contributed by atoms with van der Waals surface area (Å²) in [7, 11) is 2.95. The van der Waals surface area contributed by atoms with Crippen molar-refractivity contribution in [1.29, 1.82) is 0 Å². The smallest absolute Gasteiger partial charge is 0.271 e. The van der Waals surface area contributed by atoms with Crippen LogP contribution in [0.2, 0.25) is 5.02 Å². The summed E-state index contributed by atoms with van der Waals surface area (Å²) in [6.07, 6.45) is 1.23. The molecule has 0 bridgehead atoms. The Kier molecular flexibility index (Phi) is 5.91. The SMILES string of the molecule is COc1ccc(C(=O)N/N=C\c2cc([N+](=O)[O-])ccc2Cl)cc1OC. The molecule has 0 aliphatic carbocycles. The van der Waals surface area contributed by atoms with Crippen molar-refractivity contribution in [1.82, 2.24) is 5.43 Å². The van der Waals surface area contributed by atoms with E-state index in [0.29, 0.717) is 22.6 Å². The first-order chi connectivity index (χ1) is 12.0. The summed E-state index contributed by atoms with van der Waals surface area (Å²) in [5, 5.41) is 14.8. The molecule has 0 heterocycles. The van der Waals surface area contributed by atoms with Crippen LogP contribution in [0.5, 0.6) is 11.5 Å². The summed E-state index contributed by atoms with van der Waals surface area (Å²) in [5.41, 5.74) is 2.80. The second-order valence-electron chi connectivity index (χ2n) is 4.73. The van der Waals surface area contributed by atoms with Gasteiger partial charge in [-0.3, -0.25) is 14.9 Å². The summed E-state index contributed by atoms with van der Waals surface area (Å²) in [6, 6.07) is 8.57. The number of methoxy groups -OCH3 is 2. The molecule has 8 nitrogen and oxygen atoms in total. The average Bonchev–Trinajstić information content (AvgIpc) is 2.62. The highest BCUT2D eigenvalue weighted by molar-refractivity contribution is 6.33. The number of rotatable bonds is 6. The number of halogens is 1. The normalized spacial score (nSPS) is 10.5. The number of hydrazone groups is 1. The van der Waals surface area contributed by atoms with Crippen LogP contribution >= 0.6 is 11.6 Å². The molecule has 25 heavy (non-hydrogen) atoms. The molecule has 0 aliphatic rings. The van der Waals surface area contributed by atoms with Crippen LogP contribution in [0.4, 0.5) is 5.69 Å². The van der Waals surface area contributed by atoms with Crippen LogP contribution in [0.15, 0.2) is 41.5 Å². The first-order valence-corrected chi connectivity index (χ1v) is 7.33. The van der Waals surface area contributed by atoms with Crippen molar-refractivity contribution in [2.75, 3.05) is 14.2 Å². The Balaban J connectivity index is 2.13. The zero-order valence-electron chi connectivity index (χ0n) is 13.4. The number of benzene rings is 2. The third-order valence-electron chi connectivity index (χ3n) is 3.21. The minimum Gasteiger partial charge on any atom is -0.493 e. The van der Waals surface area contributed by atoms with Crippen molar-refractivity contribution in [3.8, 4) is 11.5 Å². The predicted octanol–water partition coefficient (Wildman–Crippen LogP) is 3.03. The molecule has 0 atom stereocenters. The van der Waals surface area contributed by atoms with Gasteiger partial charge in [0.05, 0.1) is 25.4 Å². The number of hydrogen-bond acceptors (Lipinski definition) is 6. The van der Waals surface area contributed by atoms with Crippen LogP contribution in [0, 0.1) is 10.1 Å². The largest absolute Gasteiger partial charge is 0.493 e. The minimum absolute atomic E-state index is 0.128. The molecule has 0 unspecified atom stereocenters. The minimum atomic E-state index is -0.546. The van der Waals surface area contributed by atoms with Crippen molar-refractivity contribution in [3.05, 3.63) is 62.7 Å². The van der Waals surface area contributed by atoms with Crippen LogP contribution in [0.1, 0.15) is 15.9 Å². The Labute approximate surface area is 148 Å². The Morgan fingerprint density at radius 2 is 1.92 bits per heavy atom. The first-order valence-electron chi connectivity index (χ1n) is 6.95. The zero-order valence-corrected chi connectivity index (χ0v) is 14.1. The maximum atomic E-state index is 12.1. The number of amides is 1. The van der Waals surface area contributed by atoms with Gasteiger partial charge < -0.3 is 9.47 Å². The molecule has 0 saturated carbocycles. The molecule has 0 fully saturated rings. The Morgan fingerprint density at radius 3 is 2.56 bits per heavy atom. The van der Waals surface area contributed by atoms with Gasteiger partial charge in [0.2, 0.25) is 0 Å². The highest BCUT2D eigenvalue weighted by Crippen LogP contribution is 2.27. The Morgan fingerprint density at radius 1 is 1.20 bits per heavy atom. The van der Waals surface area contributed by atoms with Crippen molar-refractivity contribution in [2.45, 2.75) is 0 Å². The van der Waals surface area contributed by atoms with Crippen LogP contribution in [-0.4, -0.2) is 31.3 Å². The Hall–Kier alpha value is -3.13. The lowest BCUT2D eigenvalue weighted by molar-refractivity contribution is -0.384. The van der Waals surface area contributed by atoms with Crippen molar-refractivity contribution in [3.63, 3.8) is 0 Å². The van der Waals surface area contributed by atoms with Gasteiger partial charge in [-0.1, -0.05) is 11.6 Å². The summed E-state index contributed by atoms with van der Waals surface area (Å²) >= 11 is 5.95. The fourth-order valence-corrected chi connectivity index (χ4v) is 2.11. The lowest BCUT2D eigenvalue weighted by Gasteiger charge is -2.08. The van der Waals surface area contributed by atoms with Crippen LogP contribution in [0.3, 0.4) is 0 Å². The standard InChI is InChI=1S/C16H14ClN3O5/c1-24-14-6-3-10(8-15(14)25-2)16(21)19-18-9-11-7-12(20(22)23)4-5-13(11)17/h3-9H,1-2H3,(H,19,21)/b18-9-. The van der Waals surface area contributed by atoms with Gasteiger partial charge in [0.15, 0.2) is 11.5 Å². The quantitative estimate of drug-likeness (QED) is 0.482. The van der Waals surface area contributed by atoms with Crippen molar-refractivity contribution < 1.29 is 19.2 Å². The molecule has 9 heteroatoms. The molecule has 2 aromatic rings. The van der Waals surface area contributed by atoms with Crippen LogP contribution in [-0.2, 0) is 0 Å². The number of hydrogen-bond donors (Lipinski definition) is 1. The molecular formula is C16H14ClN3O5. The van der Waals surface area contributed by atoms with E-state index in [-0.39, 0.29) is 10.7 Å². The van der Waals surface area contributed by atoms with E-state index in [0.717, 1.165) is 0 Å². The highest BCUT2D eigenvalue weighted by Gasteiger charge is 2.11. The lowest BCUT2D eigenvalue weighted by Crippen LogP contribution is -2.17. The predicted molar refractivity (Wildman–Crippen MR) is 92.7 cm³/mol. The van der Waals surface area contributed by atoms with E-state index in [1.54, 1.807) is 12.1 Å². The summed E-state index contributed by atoms with van der Waals surface area (Å²) < 4.78 is 10.2. The van der Waals surface area contributed by atoms with Gasteiger partial charge in [-0.2, -0.15) is 5.10 Å². The molecule has 130 valence electrons. The number of nitro benzene ring substituents is 1. The lowest BCUT2D eigenvalue weighted by atomic mass is 10.2. The molecule has 0 saturated heterocycles. The number of ether oxygens (including phenoxy) is 2. The van der Waals surface area contributed by atoms with Gasteiger partial charge in [0, 0.05) is 28.3 Å². The molecule has 0 aliphatic heterocycles. The fraction of sp³-hybridized carbons (Fsp3) is 0.125. The van der Waals surface area contributed by atoms with Crippen molar-refractivity contribution >= 4 is 29.4 Å². The number of non-ortho nitro benzene ring substituents is 1. The van der Waals surface area contributed by atoms with E-state index in [4.69, 9.17) is 21.1 Å². The highest BCUT2D eigenvalue weighted by atomic mass is 35.5. The molecule has 1 amide bonds. The molecular weight excluding hydrogens is 350 g/mol. The maximum Gasteiger partial charge on any atom is 0.271 e. The molecule has 2 aromatic carbocycles. The van der Waals surface area contributed by atoms with Gasteiger partial charge in [-0.25, -0.2) is 5.43 Å². The van der Waals surface area contributed by atoms with Gasteiger partial charge in [-0.15, -0.1) is 0 Å². The molecule has 0 radical (unpaired) electrons. The number of carbonyl (C=O) groups excluding carboxylic acids is 1. The third-order valence-corrected chi connectivity index (χ3v) is 3.55. The van der Waals surface area contributed by atoms with Gasteiger partial charge >= 0.3 is 0 Å². The second-order valence-corrected chi connectivity index (χ2v) is 5.14. The summed E-state index contributed by atoms with van der Waals surface area (Å²) in [6.45, 7) is 0. The molecule has 0 spiro atoms. The maximum absolute atomic E-state index is 12.1. The molecule has 0 aromatic heterocycles. The van der Waals surface area contributed by atoms with E-state index >= 15 is 0 Å². The van der Waals surface area contributed by atoms with Gasteiger partial charge in [0.1, 0.15) is 0 Å². The van der Waals surface area contributed by atoms with E-state index in [2.05, 4.69) is 10.5 Å².